The van der Waals surface area contributed by atoms with E-state index in [1.165, 1.54) is 6.20 Å². The van der Waals surface area contributed by atoms with Gasteiger partial charge in [0, 0.05) is 12.1 Å². The SMILES string of the molecule is C[C@H]1[C@H](NC(=O)c2ncc(Oc3ccccc3Cl)o2)C2CCN1CC2. The molecule has 3 fully saturated rings. The number of amides is 1. The van der Waals surface area contributed by atoms with Crippen LogP contribution in [0.25, 0.3) is 0 Å². The molecule has 7 heteroatoms. The van der Waals surface area contributed by atoms with E-state index in [9.17, 15) is 4.79 Å². The van der Waals surface area contributed by atoms with E-state index in [1.807, 2.05) is 6.07 Å². The van der Waals surface area contributed by atoms with E-state index in [0.717, 1.165) is 25.9 Å². The van der Waals surface area contributed by atoms with Crippen LogP contribution in [0.5, 0.6) is 11.7 Å². The number of carbonyl (C=O) groups is 1. The van der Waals surface area contributed by atoms with Crippen molar-refractivity contribution in [2.24, 2.45) is 5.92 Å². The summed E-state index contributed by atoms with van der Waals surface area (Å²) in [6.07, 6.45) is 3.64. The predicted octanol–water partition coefficient (Wildman–Crippen LogP) is 3.33. The number of carbonyl (C=O) groups excluding carboxylic acids is 1. The van der Waals surface area contributed by atoms with Crippen molar-refractivity contribution in [2.45, 2.75) is 31.8 Å². The summed E-state index contributed by atoms with van der Waals surface area (Å²) >= 11 is 6.05. The van der Waals surface area contributed by atoms with Crippen LogP contribution in [0.3, 0.4) is 0 Å². The fraction of sp³-hybridized carbons (Fsp3) is 0.444. The number of ether oxygens (including phenoxy) is 1. The molecule has 0 saturated carbocycles. The molecule has 1 aromatic carbocycles. The first-order valence-electron chi connectivity index (χ1n) is 8.55. The van der Waals surface area contributed by atoms with Crippen LogP contribution in [0.4, 0.5) is 0 Å². The maximum atomic E-state index is 12.5. The zero-order chi connectivity index (χ0) is 17.4. The van der Waals surface area contributed by atoms with E-state index in [-0.39, 0.29) is 23.8 Å². The molecule has 0 spiro atoms. The fourth-order valence-corrected chi connectivity index (χ4v) is 3.98. The Labute approximate surface area is 151 Å². The molecule has 3 saturated heterocycles. The molecule has 25 heavy (non-hydrogen) atoms. The summed E-state index contributed by atoms with van der Waals surface area (Å²) in [6.45, 7) is 4.40. The molecule has 2 atom stereocenters. The predicted molar refractivity (Wildman–Crippen MR) is 93.0 cm³/mol. The number of oxazole rings is 1. The third-order valence-corrected chi connectivity index (χ3v) is 5.51. The quantitative estimate of drug-likeness (QED) is 0.904. The van der Waals surface area contributed by atoms with Gasteiger partial charge in [-0.2, -0.15) is 0 Å². The Bertz CT molecular complexity index is 768. The summed E-state index contributed by atoms with van der Waals surface area (Å²) in [5.41, 5.74) is 0. The van der Waals surface area contributed by atoms with E-state index in [0.29, 0.717) is 22.7 Å². The minimum Gasteiger partial charge on any atom is -0.423 e. The summed E-state index contributed by atoms with van der Waals surface area (Å²) in [4.78, 5) is 19.0. The number of hydrogen-bond acceptors (Lipinski definition) is 5. The minimum atomic E-state index is -0.306. The second kappa shape index (κ2) is 6.69. The van der Waals surface area contributed by atoms with E-state index < -0.39 is 0 Å². The lowest BCUT2D eigenvalue weighted by Gasteiger charge is -2.49. The molecule has 2 bridgehead atoms. The topological polar surface area (TPSA) is 67.6 Å². The van der Waals surface area contributed by atoms with Crippen LogP contribution >= 0.6 is 11.6 Å². The molecule has 0 aliphatic carbocycles. The van der Waals surface area contributed by atoms with E-state index in [2.05, 4.69) is 22.1 Å². The van der Waals surface area contributed by atoms with Crippen LogP contribution in [-0.2, 0) is 0 Å². The van der Waals surface area contributed by atoms with Crippen LogP contribution in [0.1, 0.15) is 30.5 Å². The standard InChI is InChI=1S/C18H20ClN3O3/c1-11-16(12-6-8-22(11)9-7-12)21-17(23)18-20-10-15(25-18)24-14-5-3-2-4-13(14)19/h2-5,10-12,16H,6-9H2,1H3,(H,21,23)/t11-,16-/m0/s1. The highest BCUT2D eigenvalue weighted by Gasteiger charge is 2.40. The zero-order valence-corrected chi connectivity index (χ0v) is 14.7. The normalized spacial score (nSPS) is 27.9. The molecular weight excluding hydrogens is 342 g/mol. The van der Waals surface area contributed by atoms with Gasteiger partial charge in [-0.3, -0.25) is 9.69 Å². The summed E-state index contributed by atoms with van der Waals surface area (Å²) in [6, 6.07) is 7.53. The molecule has 3 aliphatic heterocycles. The van der Waals surface area contributed by atoms with Gasteiger partial charge in [0.25, 0.3) is 5.89 Å². The van der Waals surface area contributed by atoms with Gasteiger partial charge in [-0.25, -0.2) is 4.98 Å². The van der Waals surface area contributed by atoms with Crippen molar-refractivity contribution in [3.05, 3.63) is 41.4 Å². The smallest absolute Gasteiger partial charge is 0.311 e. The second-order valence-corrected chi connectivity index (χ2v) is 7.04. The molecule has 5 rings (SSSR count). The molecule has 1 amide bonds. The Hall–Kier alpha value is -2.05. The Morgan fingerprint density at radius 1 is 1.36 bits per heavy atom. The van der Waals surface area contributed by atoms with Crippen LogP contribution in [0.2, 0.25) is 5.02 Å². The lowest BCUT2D eigenvalue weighted by atomic mass is 9.79. The number of rotatable bonds is 4. The first-order valence-corrected chi connectivity index (χ1v) is 8.93. The minimum absolute atomic E-state index is 0.00528. The van der Waals surface area contributed by atoms with Crippen LogP contribution in [0, 0.1) is 5.92 Å². The average molecular weight is 362 g/mol. The number of para-hydroxylation sites is 1. The Balaban J connectivity index is 1.43. The number of fused-ring (bicyclic) bond motifs is 3. The van der Waals surface area contributed by atoms with Gasteiger partial charge in [0.1, 0.15) is 11.9 Å². The fourth-order valence-electron chi connectivity index (χ4n) is 3.81. The van der Waals surface area contributed by atoms with Gasteiger partial charge in [-0.15, -0.1) is 0 Å². The van der Waals surface area contributed by atoms with Crippen LogP contribution in [0.15, 0.2) is 34.9 Å². The molecule has 0 radical (unpaired) electrons. The maximum Gasteiger partial charge on any atom is 0.311 e. The number of nitrogens with one attached hydrogen (secondary N) is 1. The molecule has 4 heterocycles. The van der Waals surface area contributed by atoms with Crippen molar-refractivity contribution in [2.75, 3.05) is 13.1 Å². The van der Waals surface area contributed by atoms with Gasteiger partial charge in [-0.1, -0.05) is 23.7 Å². The van der Waals surface area contributed by atoms with Crippen molar-refractivity contribution in [1.29, 1.82) is 0 Å². The first-order chi connectivity index (χ1) is 12.1. The van der Waals surface area contributed by atoms with Gasteiger partial charge in [0.2, 0.25) is 0 Å². The largest absolute Gasteiger partial charge is 0.423 e. The number of halogens is 1. The highest BCUT2D eigenvalue weighted by atomic mass is 35.5. The summed E-state index contributed by atoms with van der Waals surface area (Å²) in [7, 11) is 0. The molecule has 6 nitrogen and oxygen atoms in total. The van der Waals surface area contributed by atoms with Crippen molar-refractivity contribution >= 4 is 17.5 Å². The third kappa shape index (κ3) is 3.24. The first kappa shape index (κ1) is 16.4. The van der Waals surface area contributed by atoms with E-state index >= 15 is 0 Å². The van der Waals surface area contributed by atoms with Crippen molar-refractivity contribution in [3.63, 3.8) is 0 Å². The van der Waals surface area contributed by atoms with Gasteiger partial charge in [0.05, 0.1) is 5.02 Å². The highest BCUT2D eigenvalue weighted by Crippen LogP contribution is 2.33. The second-order valence-electron chi connectivity index (χ2n) is 6.63. The summed E-state index contributed by atoms with van der Waals surface area (Å²) in [5, 5.41) is 3.55. The molecule has 0 unspecified atom stereocenters. The monoisotopic (exact) mass is 361 g/mol. The number of piperidine rings is 3. The maximum absolute atomic E-state index is 12.5. The van der Waals surface area contributed by atoms with Gasteiger partial charge < -0.3 is 14.5 Å². The van der Waals surface area contributed by atoms with Gasteiger partial charge in [-0.05, 0) is 50.9 Å². The molecule has 3 aliphatic rings. The summed E-state index contributed by atoms with van der Waals surface area (Å²) < 4.78 is 11.0. The molecule has 132 valence electrons. The Morgan fingerprint density at radius 3 is 2.84 bits per heavy atom. The number of nitrogens with zero attached hydrogens (tertiary/aromatic N) is 2. The number of hydrogen-bond donors (Lipinski definition) is 1. The molecule has 1 N–H and O–H groups in total. The van der Waals surface area contributed by atoms with E-state index in [4.69, 9.17) is 20.8 Å². The molecule has 1 aromatic heterocycles. The van der Waals surface area contributed by atoms with Crippen LogP contribution < -0.4 is 10.1 Å². The average Bonchev–Trinajstić information content (AvgIpc) is 3.09. The van der Waals surface area contributed by atoms with Gasteiger partial charge in [0.15, 0.2) is 0 Å². The lowest BCUT2D eigenvalue weighted by Crippen LogP contribution is -2.62. The van der Waals surface area contributed by atoms with Crippen molar-refractivity contribution < 1.29 is 13.9 Å². The number of aromatic nitrogens is 1. The number of benzene rings is 1. The lowest BCUT2D eigenvalue weighted by molar-refractivity contribution is 0.0209. The Morgan fingerprint density at radius 2 is 2.12 bits per heavy atom. The van der Waals surface area contributed by atoms with Crippen molar-refractivity contribution in [1.82, 2.24) is 15.2 Å². The van der Waals surface area contributed by atoms with Crippen molar-refractivity contribution in [3.8, 4) is 11.7 Å². The summed E-state index contributed by atoms with van der Waals surface area (Å²) in [5.74, 6) is 0.821. The third-order valence-electron chi connectivity index (χ3n) is 5.20. The molecular formula is C18H20ClN3O3. The zero-order valence-electron chi connectivity index (χ0n) is 13.9. The Kier molecular flexibility index (Phi) is 4.39. The molecule has 2 aromatic rings. The van der Waals surface area contributed by atoms with Gasteiger partial charge >= 0.3 is 11.9 Å². The van der Waals surface area contributed by atoms with E-state index in [1.54, 1.807) is 18.2 Å². The van der Waals surface area contributed by atoms with Crippen LogP contribution in [-0.4, -0.2) is 41.0 Å². The highest BCUT2D eigenvalue weighted by molar-refractivity contribution is 6.32.